The van der Waals surface area contributed by atoms with E-state index in [1.165, 1.54) is 0 Å². The molecule has 0 atom stereocenters. The van der Waals surface area contributed by atoms with Crippen molar-refractivity contribution in [3.63, 3.8) is 0 Å². The van der Waals surface area contributed by atoms with Gasteiger partial charge < -0.3 is 9.73 Å². The summed E-state index contributed by atoms with van der Waals surface area (Å²) in [6.07, 6.45) is 5.33. The van der Waals surface area contributed by atoms with Crippen LogP contribution in [0.3, 0.4) is 0 Å². The molecule has 0 aliphatic carbocycles. The van der Waals surface area contributed by atoms with Crippen LogP contribution >= 0.6 is 23.1 Å². The minimum Gasteiger partial charge on any atom is -0.451 e. The molecule has 0 radical (unpaired) electrons. The zero-order valence-corrected chi connectivity index (χ0v) is 19.7. The lowest BCUT2D eigenvalue weighted by Gasteiger charge is -2.08. The lowest BCUT2D eigenvalue weighted by atomic mass is 10.1. The lowest BCUT2D eigenvalue weighted by Crippen LogP contribution is -2.23. The van der Waals surface area contributed by atoms with E-state index in [1.807, 2.05) is 66.4 Å². The average molecular weight is 476 g/mol. The van der Waals surface area contributed by atoms with Crippen molar-refractivity contribution in [2.75, 3.05) is 0 Å². The Kier molecular flexibility index (Phi) is 5.97. The molecule has 0 saturated carbocycles. The number of nitrogens with one attached hydrogen (secondary N) is 1. The van der Waals surface area contributed by atoms with Crippen molar-refractivity contribution in [1.29, 1.82) is 0 Å². The second-order valence-corrected chi connectivity index (χ2v) is 9.58. The number of hydrogen-bond acceptors (Lipinski definition) is 7. The second-order valence-electron chi connectivity index (χ2n) is 7.50. The largest absolute Gasteiger partial charge is 0.451 e. The van der Waals surface area contributed by atoms with Crippen molar-refractivity contribution in [2.45, 2.75) is 30.5 Å². The number of furan rings is 1. The molecule has 1 N–H and O–H groups in total. The zero-order chi connectivity index (χ0) is 22.8. The number of benzene rings is 1. The van der Waals surface area contributed by atoms with Gasteiger partial charge >= 0.3 is 0 Å². The van der Waals surface area contributed by atoms with E-state index >= 15 is 0 Å². The average Bonchev–Trinajstić information content (AvgIpc) is 3.54. The zero-order valence-electron chi connectivity index (χ0n) is 18.1. The molecule has 0 bridgehead atoms. The van der Waals surface area contributed by atoms with Crippen molar-refractivity contribution in [3.05, 3.63) is 88.8 Å². The third-order valence-electron chi connectivity index (χ3n) is 5.18. The third kappa shape index (κ3) is 4.55. The Bertz CT molecular complexity index is 1440. The summed E-state index contributed by atoms with van der Waals surface area (Å²) >= 11 is 3.22. The van der Waals surface area contributed by atoms with Gasteiger partial charge in [0.25, 0.3) is 5.91 Å². The minimum atomic E-state index is -0.241. The van der Waals surface area contributed by atoms with Crippen LogP contribution in [0.4, 0.5) is 0 Å². The molecule has 1 aromatic carbocycles. The van der Waals surface area contributed by atoms with Crippen molar-refractivity contribution in [2.24, 2.45) is 0 Å². The summed E-state index contributed by atoms with van der Waals surface area (Å²) in [5.41, 5.74) is 3.52. The maximum Gasteiger partial charge on any atom is 0.287 e. The number of rotatable bonds is 7. The SMILES string of the molecule is Cc1csc(SCc2c(C(=O)NCc3ccnc(-n4ccnc4C)c3)oc3ccccc23)n1. The quantitative estimate of drug-likeness (QED) is 0.321. The molecular formula is C24H21N5O2S2. The summed E-state index contributed by atoms with van der Waals surface area (Å²) in [6.45, 7) is 4.26. The van der Waals surface area contributed by atoms with Gasteiger partial charge in [0.05, 0.1) is 0 Å². The second kappa shape index (κ2) is 9.21. The first-order chi connectivity index (χ1) is 16.1. The summed E-state index contributed by atoms with van der Waals surface area (Å²) in [7, 11) is 0. The highest BCUT2D eigenvalue weighted by molar-refractivity contribution is 8.00. The van der Waals surface area contributed by atoms with E-state index in [-0.39, 0.29) is 5.91 Å². The predicted molar refractivity (Wildman–Crippen MR) is 130 cm³/mol. The van der Waals surface area contributed by atoms with Crippen LogP contribution in [0.2, 0.25) is 0 Å². The van der Waals surface area contributed by atoms with Crippen LogP contribution in [0.1, 0.15) is 33.2 Å². The Balaban J connectivity index is 1.36. The third-order valence-corrected chi connectivity index (χ3v) is 7.34. The van der Waals surface area contributed by atoms with E-state index in [9.17, 15) is 4.79 Å². The van der Waals surface area contributed by atoms with Crippen LogP contribution in [-0.2, 0) is 12.3 Å². The maximum absolute atomic E-state index is 13.1. The van der Waals surface area contributed by atoms with Gasteiger partial charge in [0, 0.05) is 52.9 Å². The van der Waals surface area contributed by atoms with Crippen LogP contribution < -0.4 is 5.32 Å². The molecule has 1 amide bonds. The standard InChI is InChI=1S/C24H21N5O2S2/c1-15-13-32-24(28-15)33-14-19-18-5-3-4-6-20(18)31-22(19)23(30)27-12-17-7-8-26-21(11-17)29-10-9-25-16(29)2/h3-11,13H,12,14H2,1-2H3,(H,27,30). The number of pyridine rings is 1. The van der Waals surface area contributed by atoms with E-state index in [0.717, 1.165) is 38.2 Å². The summed E-state index contributed by atoms with van der Waals surface area (Å²) in [5.74, 6) is 2.32. The molecule has 0 spiro atoms. The van der Waals surface area contributed by atoms with Crippen molar-refractivity contribution < 1.29 is 9.21 Å². The number of thiazole rings is 1. The fourth-order valence-electron chi connectivity index (χ4n) is 3.54. The summed E-state index contributed by atoms with van der Waals surface area (Å²) in [6, 6.07) is 11.6. The van der Waals surface area contributed by atoms with Gasteiger partial charge in [-0.05, 0) is 37.6 Å². The summed E-state index contributed by atoms with van der Waals surface area (Å²) < 4.78 is 8.85. The number of carbonyl (C=O) groups is 1. The normalized spacial score (nSPS) is 11.2. The fraction of sp³-hybridized carbons (Fsp3) is 0.167. The Morgan fingerprint density at radius 1 is 1.18 bits per heavy atom. The van der Waals surface area contributed by atoms with Gasteiger partial charge in [-0.2, -0.15) is 0 Å². The van der Waals surface area contributed by atoms with Gasteiger partial charge in [0.15, 0.2) is 5.76 Å². The molecule has 4 heterocycles. The predicted octanol–water partition coefficient (Wildman–Crippen LogP) is 5.31. The minimum absolute atomic E-state index is 0.241. The van der Waals surface area contributed by atoms with E-state index in [0.29, 0.717) is 23.6 Å². The van der Waals surface area contributed by atoms with Crippen LogP contribution in [0, 0.1) is 13.8 Å². The first-order valence-corrected chi connectivity index (χ1v) is 12.2. The molecular weight excluding hydrogens is 454 g/mol. The van der Waals surface area contributed by atoms with Crippen LogP contribution in [0.15, 0.2) is 69.1 Å². The Labute approximate surface area is 198 Å². The highest BCUT2D eigenvalue weighted by atomic mass is 32.2. The monoisotopic (exact) mass is 475 g/mol. The molecule has 0 aliphatic heterocycles. The van der Waals surface area contributed by atoms with E-state index in [4.69, 9.17) is 4.42 Å². The summed E-state index contributed by atoms with van der Waals surface area (Å²) in [5, 5.41) is 5.97. The molecule has 0 saturated heterocycles. The van der Waals surface area contributed by atoms with Gasteiger partial charge in [-0.25, -0.2) is 15.0 Å². The first kappa shape index (κ1) is 21.4. The number of fused-ring (bicyclic) bond motifs is 1. The number of para-hydroxylation sites is 1. The Morgan fingerprint density at radius 3 is 2.85 bits per heavy atom. The van der Waals surface area contributed by atoms with E-state index < -0.39 is 0 Å². The maximum atomic E-state index is 13.1. The number of aromatic nitrogens is 4. The molecule has 5 rings (SSSR count). The number of amides is 1. The summed E-state index contributed by atoms with van der Waals surface area (Å²) in [4.78, 5) is 26.3. The number of nitrogens with zero attached hydrogens (tertiary/aromatic N) is 4. The molecule has 5 aromatic rings. The van der Waals surface area contributed by atoms with Gasteiger partial charge in [-0.3, -0.25) is 9.36 Å². The molecule has 4 aromatic heterocycles. The van der Waals surface area contributed by atoms with E-state index in [2.05, 4.69) is 20.3 Å². The van der Waals surface area contributed by atoms with Crippen molar-refractivity contribution in [1.82, 2.24) is 24.8 Å². The molecule has 166 valence electrons. The molecule has 33 heavy (non-hydrogen) atoms. The Morgan fingerprint density at radius 2 is 2.06 bits per heavy atom. The van der Waals surface area contributed by atoms with Gasteiger partial charge in [0.2, 0.25) is 0 Å². The van der Waals surface area contributed by atoms with Gasteiger partial charge in [0.1, 0.15) is 21.6 Å². The molecule has 0 fully saturated rings. The lowest BCUT2D eigenvalue weighted by molar-refractivity contribution is 0.0924. The van der Waals surface area contributed by atoms with E-state index in [1.54, 1.807) is 35.5 Å². The number of imidazole rings is 1. The fourth-order valence-corrected chi connectivity index (χ4v) is 5.42. The molecule has 9 heteroatoms. The van der Waals surface area contributed by atoms with Crippen LogP contribution in [-0.4, -0.2) is 25.4 Å². The number of thioether (sulfide) groups is 1. The highest BCUT2D eigenvalue weighted by Crippen LogP contribution is 2.33. The van der Waals surface area contributed by atoms with Crippen LogP contribution in [0.5, 0.6) is 0 Å². The van der Waals surface area contributed by atoms with Crippen LogP contribution in [0.25, 0.3) is 16.8 Å². The highest BCUT2D eigenvalue weighted by Gasteiger charge is 2.21. The first-order valence-electron chi connectivity index (χ1n) is 10.4. The van der Waals surface area contributed by atoms with Crippen molar-refractivity contribution >= 4 is 40.0 Å². The number of aryl methyl sites for hydroxylation is 2. The number of carbonyl (C=O) groups excluding carboxylic acids is 1. The number of hydrogen-bond donors (Lipinski definition) is 1. The van der Waals surface area contributed by atoms with Gasteiger partial charge in [-0.1, -0.05) is 30.0 Å². The Hall–Kier alpha value is -3.43. The molecule has 0 aliphatic rings. The van der Waals surface area contributed by atoms with Crippen molar-refractivity contribution in [3.8, 4) is 5.82 Å². The van der Waals surface area contributed by atoms with Gasteiger partial charge in [-0.15, -0.1) is 11.3 Å². The molecule has 0 unspecified atom stereocenters. The topological polar surface area (TPSA) is 85.8 Å². The smallest absolute Gasteiger partial charge is 0.287 e. The molecule has 7 nitrogen and oxygen atoms in total.